The summed E-state index contributed by atoms with van der Waals surface area (Å²) >= 11 is 0. The van der Waals surface area contributed by atoms with Gasteiger partial charge in [0.15, 0.2) is 0 Å². The molecule has 3 aliphatic rings. The molecule has 1 aromatic rings. The second-order valence-electron chi connectivity index (χ2n) is 7.49. The number of anilines is 1. The summed E-state index contributed by atoms with van der Waals surface area (Å²) in [6.45, 7) is 4.96. The van der Waals surface area contributed by atoms with Gasteiger partial charge in [-0.3, -0.25) is 9.59 Å². The van der Waals surface area contributed by atoms with Gasteiger partial charge in [-0.25, -0.2) is 0 Å². The van der Waals surface area contributed by atoms with Gasteiger partial charge in [-0.15, -0.1) is 0 Å². The predicted molar refractivity (Wildman–Crippen MR) is 97.7 cm³/mol. The summed E-state index contributed by atoms with van der Waals surface area (Å²) in [5.74, 6) is -1.37. The van der Waals surface area contributed by atoms with Crippen LogP contribution in [0, 0.1) is 18.8 Å². The molecule has 1 amide bonds. The second kappa shape index (κ2) is 6.54. The molecule has 5 heteroatoms. The topological polar surface area (TPSA) is 55.8 Å². The van der Waals surface area contributed by atoms with Crippen LogP contribution in [0.25, 0.3) is 0 Å². The number of amides is 1. The van der Waals surface area contributed by atoms with E-state index < -0.39 is 17.4 Å². The molecule has 2 bridgehead atoms. The number of rotatable bonds is 6. The van der Waals surface area contributed by atoms with E-state index in [1.54, 1.807) is 4.90 Å². The molecular weight excluding hydrogens is 330 g/mol. The lowest BCUT2D eigenvalue weighted by atomic mass is 9.77. The van der Waals surface area contributed by atoms with Crippen molar-refractivity contribution in [2.75, 3.05) is 18.1 Å². The first-order valence-corrected chi connectivity index (χ1v) is 9.48. The number of esters is 1. The number of carbonyl (C=O) groups excluding carboxylic acids is 2. The van der Waals surface area contributed by atoms with Gasteiger partial charge in [-0.1, -0.05) is 50.1 Å². The highest BCUT2D eigenvalue weighted by atomic mass is 16.6. The molecule has 4 rings (SSSR count). The Hall–Kier alpha value is -2.14. The Bertz CT molecular complexity index is 758. The third-order valence-electron chi connectivity index (χ3n) is 5.77. The van der Waals surface area contributed by atoms with Gasteiger partial charge >= 0.3 is 5.97 Å². The molecule has 2 saturated heterocycles. The normalized spacial score (nSPS) is 31.5. The van der Waals surface area contributed by atoms with E-state index >= 15 is 0 Å². The Morgan fingerprint density at radius 3 is 2.92 bits per heavy atom. The van der Waals surface area contributed by atoms with E-state index in [0.717, 1.165) is 30.5 Å². The summed E-state index contributed by atoms with van der Waals surface area (Å²) in [4.78, 5) is 27.7. The van der Waals surface area contributed by atoms with Gasteiger partial charge in [-0.05, 0) is 25.0 Å². The van der Waals surface area contributed by atoms with Crippen LogP contribution < -0.4 is 4.90 Å². The monoisotopic (exact) mass is 355 g/mol. The van der Waals surface area contributed by atoms with E-state index in [4.69, 9.17) is 9.47 Å². The molecule has 5 nitrogen and oxygen atoms in total. The van der Waals surface area contributed by atoms with Crippen molar-refractivity contribution in [2.45, 2.75) is 44.8 Å². The highest BCUT2D eigenvalue weighted by Crippen LogP contribution is 2.53. The summed E-state index contributed by atoms with van der Waals surface area (Å²) in [6, 6.07) is 7.81. The molecule has 0 N–H and O–H groups in total. The summed E-state index contributed by atoms with van der Waals surface area (Å²) < 4.78 is 11.6. The van der Waals surface area contributed by atoms with Crippen molar-refractivity contribution in [3.8, 4) is 0 Å². The number of ether oxygens (including phenoxy) is 2. The lowest BCUT2D eigenvalue weighted by Crippen LogP contribution is -2.40. The van der Waals surface area contributed by atoms with E-state index in [0.29, 0.717) is 13.2 Å². The zero-order chi connectivity index (χ0) is 18.3. The highest BCUT2D eigenvalue weighted by molar-refractivity contribution is 6.03. The summed E-state index contributed by atoms with van der Waals surface area (Å²) in [5.41, 5.74) is 1.23. The van der Waals surface area contributed by atoms with E-state index in [1.807, 2.05) is 43.3 Å². The molecule has 26 heavy (non-hydrogen) atoms. The standard InChI is InChI=1S/C21H25NO4/c1-3-4-7-12-25-20(24)17-16-10-11-21(26-16)13-22(19(23)18(17)21)15-9-6-5-8-14(15)2/h5-6,8-11,16-18H,3-4,7,12-13H2,1-2H3/t16-,17+,18+,21-/m0/s1. The molecule has 0 saturated carbocycles. The highest BCUT2D eigenvalue weighted by Gasteiger charge is 2.67. The van der Waals surface area contributed by atoms with Crippen LogP contribution in [0.2, 0.25) is 0 Å². The van der Waals surface area contributed by atoms with Gasteiger partial charge in [0.25, 0.3) is 0 Å². The number of carbonyl (C=O) groups is 2. The number of aryl methyl sites for hydroxylation is 1. The summed E-state index contributed by atoms with van der Waals surface area (Å²) in [6.07, 6.45) is 6.51. The molecule has 2 fully saturated rings. The molecule has 0 aromatic heterocycles. The first-order valence-electron chi connectivity index (χ1n) is 9.48. The molecule has 0 unspecified atom stereocenters. The van der Waals surface area contributed by atoms with Crippen LogP contribution >= 0.6 is 0 Å². The fourth-order valence-corrected chi connectivity index (χ4v) is 4.46. The number of fused-ring (bicyclic) bond motifs is 1. The molecule has 4 atom stereocenters. The fourth-order valence-electron chi connectivity index (χ4n) is 4.46. The fraction of sp³-hybridized carbons (Fsp3) is 0.524. The molecule has 138 valence electrons. The van der Waals surface area contributed by atoms with Gasteiger partial charge in [0.1, 0.15) is 11.5 Å². The van der Waals surface area contributed by atoms with Crippen molar-refractivity contribution in [3.63, 3.8) is 0 Å². The average molecular weight is 355 g/mol. The van der Waals surface area contributed by atoms with E-state index in [2.05, 4.69) is 6.92 Å². The minimum absolute atomic E-state index is 0.0401. The molecule has 0 aliphatic carbocycles. The Balaban J connectivity index is 1.56. The molecule has 1 spiro atoms. The zero-order valence-corrected chi connectivity index (χ0v) is 15.3. The minimum Gasteiger partial charge on any atom is -0.465 e. The SMILES string of the molecule is CCCCCOC(=O)[C@@H]1[C@@H]2C=C[C@@]3(CN(c4ccccc4C)C(=O)[C@@H]13)O2. The van der Waals surface area contributed by atoms with Crippen molar-refractivity contribution in [3.05, 3.63) is 42.0 Å². The van der Waals surface area contributed by atoms with Crippen LogP contribution in [0.5, 0.6) is 0 Å². The molecule has 1 aromatic carbocycles. The number of hydrogen-bond acceptors (Lipinski definition) is 4. The van der Waals surface area contributed by atoms with Crippen LogP contribution in [-0.2, 0) is 19.1 Å². The second-order valence-corrected chi connectivity index (χ2v) is 7.49. The smallest absolute Gasteiger partial charge is 0.312 e. The Morgan fingerprint density at radius 1 is 1.35 bits per heavy atom. The lowest BCUT2D eigenvalue weighted by molar-refractivity contribution is -0.152. The molecule has 3 aliphatic heterocycles. The lowest BCUT2D eigenvalue weighted by Gasteiger charge is -2.23. The van der Waals surface area contributed by atoms with E-state index in [-0.39, 0.29) is 18.0 Å². The van der Waals surface area contributed by atoms with Gasteiger partial charge < -0.3 is 14.4 Å². The van der Waals surface area contributed by atoms with Crippen molar-refractivity contribution in [1.82, 2.24) is 0 Å². The maximum Gasteiger partial charge on any atom is 0.312 e. The quantitative estimate of drug-likeness (QED) is 0.447. The molecule has 3 heterocycles. The Labute approximate surface area is 154 Å². The maximum absolute atomic E-state index is 13.2. The van der Waals surface area contributed by atoms with Crippen LogP contribution in [0.1, 0.15) is 31.7 Å². The first-order chi connectivity index (χ1) is 12.6. The number of nitrogens with zero attached hydrogens (tertiary/aromatic N) is 1. The van der Waals surface area contributed by atoms with E-state index in [9.17, 15) is 9.59 Å². The van der Waals surface area contributed by atoms with E-state index in [1.165, 1.54) is 0 Å². The van der Waals surface area contributed by atoms with Crippen LogP contribution in [0.15, 0.2) is 36.4 Å². The average Bonchev–Trinajstić information content (AvgIpc) is 3.27. The number of unbranched alkanes of at least 4 members (excludes halogenated alkanes) is 2. The van der Waals surface area contributed by atoms with Gasteiger partial charge in [0, 0.05) is 5.69 Å². The van der Waals surface area contributed by atoms with Crippen molar-refractivity contribution >= 4 is 17.6 Å². The Morgan fingerprint density at radius 2 is 2.15 bits per heavy atom. The van der Waals surface area contributed by atoms with Crippen LogP contribution in [-0.4, -0.2) is 36.7 Å². The van der Waals surface area contributed by atoms with Gasteiger partial charge in [0.05, 0.1) is 25.2 Å². The van der Waals surface area contributed by atoms with Crippen molar-refractivity contribution in [2.24, 2.45) is 11.8 Å². The Kier molecular flexibility index (Phi) is 4.35. The summed E-state index contributed by atoms with van der Waals surface area (Å²) in [5, 5.41) is 0. The number of benzene rings is 1. The van der Waals surface area contributed by atoms with Crippen LogP contribution in [0.4, 0.5) is 5.69 Å². The zero-order valence-electron chi connectivity index (χ0n) is 15.3. The van der Waals surface area contributed by atoms with Crippen molar-refractivity contribution in [1.29, 1.82) is 0 Å². The van der Waals surface area contributed by atoms with Gasteiger partial charge in [-0.2, -0.15) is 0 Å². The minimum atomic E-state index is -0.697. The maximum atomic E-state index is 13.2. The third kappa shape index (κ3) is 2.57. The van der Waals surface area contributed by atoms with Gasteiger partial charge in [0.2, 0.25) is 5.91 Å². The molecule has 0 radical (unpaired) electrons. The number of hydrogen-bond donors (Lipinski definition) is 0. The van der Waals surface area contributed by atoms with Crippen LogP contribution in [0.3, 0.4) is 0 Å². The van der Waals surface area contributed by atoms with Crippen molar-refractivity contribution < 1.29 is 19.1 Å². The predicted octanol–water partition coefficient (Wildman–Crippen LogP) is 3.01. The summed E-state index contributed by atoms with van der Waals surface area (Å²) in [7, 11) is 0. The largest absolute Gasteiger partial charge is 0.465 e. The third-order valence-corrected chi connectivity index (χ3v) is 5.77. The first kappa shape index (κ1) is 17.3. The number of para-hydroxylation sites is 1. The molecular formula is C21H25NO4.